The highest BCUT2D eigenvalue weighted by atomic mass is 79.9. The lowest BCUT2D eigenvalue weighted by Crippen LogP contribution is -2.08. The minimum atomic E-state index is -0.933. The molecule has 0 aliphatic heterocycles. The van der Waals surface area contributed by atoms with Gasteiger partial charge in [-0.1, -0.05) is 0 Å². The summed E-state index contributed by atoms with van der Waals surface area (Å²) in [6.45, 7) is 0.491. The summed E-state index contributed by atoms with van der Waals surface area (Å²) >= 11 is 4.76. The molecule has 2 aromatic rings. The van der Waals surface area contributed by atoms with E-state index in [2.05, 4.69) is 20.9 Å². The average Bonchev–Trinajstić information content (AvgIpc) is 2.75. The van der Waals surface area contributed by atoms with E-state index < -0.39 is 5.97 Å². The fourth-order valence-electron chi connectivity index (χ4n) is 1.26. The Hall–Kier alpha value is -1.14. The Balaban J connectivity index is 2.31. The van der Waals surface area contributed by atoms with Crippen LogP contribution < -0.4 is 0 Å². The molecule has 2 aromatic heterocycles. The minimum absolute atomic E-state index is 0.261. The van der Waals surface area contributed by atoms with E-state index in [4.69, 9.17) is 5.11 Å². The van der Waals surface area contributed by atoms with Gasteiger partial charge in [0.25, 0.3) is 0 Å². The predicted molar refractivity (Wildman–Crippen MR) is 60.3 cm³/mol. The fourth-order valence-corrected chi connectivity index (χ4v) is 2.34. The summed E-state index contributed by atoms with van der Waals surface area (Å²) in [6, 6.07) is 1.58. The molecule has 0 aromatic carbocycles. The second-order valence-corrected chi connectivity index (χ2v) is 4.80. The molecular weight excluding hydrogens is 280 g/mol. The fraction of sp³-hybridized carbons (Fsp3) is 0.111. The van der Waals surface area contributed by atoms with E-state index in [0.717, 1.165) is 9.48 Å². The van der Waals surface area contributed by atoms with Crippen LogP contribution in [0.2, 0.25) is 0 Å². The van der Waals surface area contributed by atoms with E-state index in [-0.39, 0.29) is 5.69 Å². The zero-order chi connectivity index (χ0) is 10.8. The van der Waals surface area contributed by atoms with E-state index in [1.165, 1.54) is 11.3 Å². The summed E-state index contributed by atoms with van der Waals surface area (Å²) in [5.41, 5.74) is 0.261. The lowest BCUT2D eigenvalue weighted by molar-refractivity contribution is 0.0685. The van der Waals surface area contributed by atoms with Crippen LogP contribution in [-0.2, 0) is 6.54 Å². The summed E-state index contributed by atoms with van der Waals surface area (Å²) in [5.74, 6) is -0.933. The zero-order valence-corrected chi connectivity index (χ0v) is 9.96. The van der Waals surface area contributed by atoms with Crippen molar-refractivity contribution in [1.29, 1.82) is 0 Å². The average molecular weight is 287 g/mol. The summed E-state index contributed by atoms with van der Waals surface area (Å²) < 4.78 is 2.42. The molecule has 0 saturated heterocycles. The molecule has 0 aliphatic rings. The van der Waals surface area contributed by atoms with Gasteiger partial charge in [-0.3, -0.25) is 0 Å². The lowest BCUT2D eigenvalue weighted by atomic mass is 10.4. The van der Waals surface area contributed by atoms with E-state index >= 15 is 0 Å². The molecule has 0 fully saturated rings. The Morgan fingerprint density at radius 3 is 3.07 bits per heavy atom. The van der Waals surface area contributed by atoms with Gasteiger partial charge < -0.3 is 9.67 Å². The standard InChI is InChI=1S/C9H7BrN2O2S/c10-6-3-7(9(13)14)12(4-6)5-8-11-1-2-15-8/h1-4H,5H2,(H,13,14). The minimum Gasteiger partial charge on any atom is -0.477 e. The largest absolute Gasteiger partial charge is 0.477 e. The van der Waals surface area contributed by atoms with Gasteiger partial charge in [0.2, 0.25) is 0 Å². The normalized spacial score (nSPS) is 10.5. The molecule has 78 valence electrons. The van der Waals surface area contributed by atoms with Gasteiger partial charge in [0, 0.05) is 22.2 Å². The molecule has 0 unspecified atom stereocenters. The van der Waals surface area contributed by atoms with Gasteiger partial charge in [0.1, 0.15) is 10.7 Å². The second kappa shape index (κ2) is 4.16. The third kappa shape index (κ3) is 2.27. The summed E-state index contributed by atoms with van der Waals surface area (Å²) in [4.78, 5) is 15.0. The van der Waals surface area contributed by atoms with Crippen LogP contribution >= 0.6 is 27.3 Å². The Morgan fingerprint density at radius 1 is 1.67 bits per heavy atom. The van der Waals surface area contributed by atoms with Crippen molar-refractivity contribution in [1.82, 2.24) is 9.55 Å². The summed E-state index contributed by atoms with van der Waals surface area (Å²) in [5, 5.41) is 11.7. The molecule has 0 aliphatic carbocycles. The van der Waals surface area contributed by atoms with Crippen molar-refractivity contribution >= 4 is 33.2 Å². The number of halogens is 1. The first-order chi connectivity index (χ1) is 7.16. The van der Waals surface area contributed by atoms with Crippen molar-refractivity contribution in [2.24, 2.45) is 0 Å². The first kappa shape index (κ1) is 10.4. The lowest BCUT2D eigenvalue weighted by Gasteiger charge is -2.02. The number of hydrogen-bond donors (Lipinski definition) is 1. The van der Waals surface area contributed by atoms with Crippen LogP contribution in [0.15, 0.2) is 28.3 Å². The Bertz CT molecular complexity index is 478. The molecule has 0 spiro atoms. The maximum absolute atomic E-state index is 10.9. The highest BCUT2D eigenvalue weighted by molar-refractivity contribution is 9.10. The molecule has 0 saturated carbocycles. The van der Waals surface area contributed by atoms with Crippen LogP contribution in [0.1, 0.15) is 15.5 Å². The Kier molecular flexibility index (Phi) is 2.88. The quantitative estimate of drug-likeness (QED) is 0.943. The zero-order valence-electron chi connectivity index (χ0n) is 7.55. The van der Waals surface area contributed by atoms with Crippen molar-refractivity contribution in [3.8, 4) is 0 Å². The number of thiazole rings is 1. The molecule has 0 amide bonds. The van der Waals surface area contributed by atoms with Crippen LogP contribution in [0.25, 0.3) is 0 Å². The molecule has 15 heavy (non-hydrogen) atoms. The van der Waals surface area contributed by atoms with Crippen LogP contribution in [0.3, 0.4) is 0 Å². The first-order valence-electron chi connectivity index (χ1n) is 4.14. The number of rotatable bonds is 3. The summed E-state index contributed by atoms with van der Waals surface area (Å²) in [6.07, 6.45) is 3.45. The summed E-state index contributed by atoms with van der Waals surface area (Å²) in [7, 11) is 0. The highest BCUT2D eigenvalue weighted by Gasteiger charge is 2.12. The van der Waals surface area contributed by atoms with Crippen LogP contribution in [0, 0.1) is 0 Å². The molecular formula is C9H7BrN2O2S. The molecule has 0 radical (unpaired) electrons. The molecule has 0 atom stereocenters. The monoisotopic (exact) mass is 286 g/mol. The molecule has 4 nitrogen and oxygen atoms in total. The van der Waals surface area contributed by atoms with E-state index in [0.29, 0.717) is 6.54 Å². The van der Waals surface area contributed by atoms with Crippen LogP contribution in [0.4, 0.5) is 0 Å². The van der Waals surface area contributed by atoms with Crippen molar-refractivity contribution in [2.45, 2.75) is 6.54 Å². The first-order valence-corrected chi connectivity index (χ1v) is 5.81. The third-order valence-electron chi connectivity index (χ3n) is 1.87. The van der Waals surface area contributed by atoms with E-state index in [1.54, 1.807) is 23.0 Å². The van der Waals surface area contributed by atoms with Crippen molar-refractivity contribution in [3.63, 3.8) is 0 Å². The van der Waals surface area contributed by atoms with Gasteiger partial charge in [-0.15, -0.1) is 11.3 Å². The Labute approximate surface area is 98.3 Å². The van der Waals surface area contributed by atoms with Crippen LogP contribution in [0.5, 0.6) is 0 Å². The third-order valence-corrected chi connectivity index (χ3v) is 3.07. The maximum Gasteiger partial charge on any atom is 0.352 e. The predicted octanol–water partition coefficient (Wildman–Crippen LogP) is 2.45. The molecule has 6 heteroatoms. The number of carboxylic acids is 1. The topological polar surface area (TPSA) is 55.1 Å². The SMILES string of the molecule is O=C(O)c1cc(Br)cn1Cc1nccs1. The van der Waals surface area contributed by atoms with Gasteiger partial charge in [0.05, 0.1) is 6.54 Å². The number of hydrogen-bond acceptors (Lipinski definition) is 3. The van der Waals surface area contributed by atoms with E-state index in [9.17, 15) is 4.79 Å². The van der Waals surface area contributed by atoms with Crippen molar-refractivity contribution < 1.29 is 9.90 Å². The number of carboxylic acid groups (broad SMARTS) is 1. The smallest absolute Gasteiger partial charge is 0.352 e. The highest BCUT2D eigenvalue weighted by Crippen LogP contribution is 2.17. The van der Waals surface area contributed by atoms with Crippen molar-refractivity contribution in [2.75, 3.05) is 0 Å². The number of aromatic carboxylic acids is 1. The van der Waals surface area contributed by atoms with Gasteiger partial charge in [-0.2, -0.15) is 0 Å². The molecule has 2 rings (SSSR count). The van der Waals surface area contributed by atoms with Gasteiger partial charge in [0.15, 0.2) is 0 Å². The number of nitrogens with zero attached hydrogens (tertiary/aromatic N) is 2. The van der Waals surface area contributed by atoms with Gasteiger partial charge in [-0.05, 0) is 22.0 Å². The molecule has 0 bridgehead atoms. The number of carbonyl (C=O) groups is 1. The maximum atomic E-state index is 10.9. The second-order valence-electron chi connectivity index (χ2n) is 2.90. The van der Waals surface area contributed by atoms with Crippen molar-refractivity contribution in [3.05, 3.63) is 39.0 Å². The van der Waals surface area contributed by atoms with E-state index in [1.807, 2.05) is 5.38 Å². The number of aromatic nitrogens is 2. The Morgan fingerprint density at radius 2 is 2.47 bits per heavy atom. The molecule has 2 heterocycles. The molecule has 1 N–H and O–H groups in total. The van der Waals surface area contributed by atoms with Gasteiger partial charge >= 0.3 is 5.97 Å². The van der Waals surface area contributed by atoms with Gasteiger partial charge in [-0.25, -0.2) is 9.78 Å². The van der Waals surface area contributed by atoms with Crippen LogP contribution in [-0.4, -0.2) is 20.6 Å².